The molecule has 4 rings (SSSR count). The molecule has 4 aromatic rings. The number of hydrogen-bond donors (Lipinski definition) is 2. The molecule has 150 valence electrons. The SMILES string of the molecule is COc1cc(C(F)(F)F)nn1-c1ccc(Cn2c(=N)[nH]c3cnc(Cl)nc32)cc1. The number of nitrogens with one attached hydrogen (secondary N) is 2. The van der Waals surface area contributed by atoms with Crippen molar-refractivity contribution in [2.24, 2.45) is 0 Å². The molecule has 2 N–H and O–H groups in total. The molecule has 29 heavy (non-hydrogen) atoms. The van der Waals surface area contributed by atoms with Crippen molar-refractivity contribution < 1.29 is 17.9 Å². The Balaban J connectivity index is 1.66. The quantitative estimate of drug-likeness (QED) is 0.493. The van der Waals surface area contributed by atoms with Crippen LogP contribution in [0.2, 0.25) is 5.28 Å². The fourth-order valence-electron chi connectivity index (χ4n) is 2.86. The van der Waals surface area contributed by atoms with Gasteiger partial charge in [-0.05, 0) is 29.3 Å². The molecule has 12 heteroatoms. The van der Waals surface area contributed by atoms with E-state index in [0.717, 1.165) is 16.3 Å². The van der Waals surface area contributed by atoms with Gasteiger partial charge in [-0.1, -0.05) is 12.1 Å². The summed E-state index contributed by atoms with van der Waals surface area (Å²) in [4.78, 5) is 10.9. The Morgan fingerprint density at radius 2 is 1.97 bits per heavy atom. The largest absolute Gasteiger partial charge is 0.481 e. The molecule has 0 amide bonds. The second-order valence-corrected chi connectivity index (χ2v) is 6.42. The summed E-state index contributed by atoms with van der Waals surface area (Å²) in [5.74, 6) is -0.0316. The predicted octanol–water partition coefficient (Wildman–Crippen LogP) is 3.15. The molecular weight excluding hydrogens is 411 g/mol. The number of rotatable bonds is 4. The lowest BCUT2D eigenvalue weighted by Crippen LogP contribution is -2.18. The Morgan fingerprint density at radius 1 is 1.24 bits per heavy atom. The summed E-state index contributed by atoms with van der Waals surface area (Å²) < 4.78 is 46.5. The summed E-state index contributed by atoms with van der Waals surface area (Å²) in [6.45, 7) is 0.302. The van der Waals surface area contributed by atoms with Gasteiger partial charge in [0, 0.05) is 6.07 Å². The Kier molecular flexibility index (Phi) is 4.53. The number of H-pyrrole nitrogens is 1. The molecule has 0 radical (unpaired) electrons. The monoisotopic (exact) mass is 423 g/mol. The first-order valence-electron chi connectivity index (χ1n) is 8.22. The minimum absolute atomic E-state index is 0.0316. The summed E-state index contributed by atoms with van der Waals surface area (Å²) in [7, 11) is 1.28. The van der Waals surface area contributed by atoms with Gasteiger partial charge in [0.2, 0.25) is 16.8 Å². The molecule has 0 fully saturated rings. The second-order valence-electron chi connectivity index (χ2n) is 6.08. The van der Waals surface area contributed by atoms with E-state index < -0.39 is 11.9 Å². The summed E-state index contributed by atoms with van der Waals surface area (Å²) in [6.07, 6.45) is -3.08. The topological polar surface area (TPSA) is 97.4 Å². The first-order valence-corrected chi connectivity index (χ1v) is 8.60. The molecule has 0 aliphatic heterocycles. The molecule has 1 aromatic carbocycles. The van der Waals surface area contributed by atoms with Crippen molar-refractivity contribution in [3.05, 3.63) is 58.7 Å². The van der Waals surface area contributed by atoms with E-state index in [0.29, 0.717) is 23.4 Å². The zero-order valence-electron chi connectivity index (χ0n) is 14.8. The van der Waals surface area contributed by atoms with E-state index >= 15 is 0 Å². The number of imidazole rings is 1. The van der Waals surface area contributed by atoms with Crippen LogP contribution < -0.4 is 10.4 Å². The lowest BCUT2D eigenvalue weighted by Gasteiger charge is -2.08. The summed E-state index contributed by atoms with van der Waals surface area (Å²) in [5, 5.41) is 11.7. The number of alkyl halides is 3. The number of methoxy groups -OCH3 is 1. The number of ether oxygens (including phenoxy) is 1. The summed E-state index contributed by atoms with van der Waals surface area (Å²) >= 11 is 5.84. The van der Waals surface area contributed by atoms with Crippen LogP contribution in [0.15, 0.2) is 36.5 Å². The van der Waals surface area contributed by atoms with E-state index in [-0.39, 0.29) is 16.8 Å². The molecule has 0 unspecified atom stereocenters. The first kappa shape index (κ1) is 19.0. The molecular formula is C17H13ClF3N7O. The van der Waals surface area contributed by atoms with E-state index in [9.17, 15) is 13.2 Å². The maximum Gasteiger partial charge on any atom is 0.435 e. The van der Waals surface area contributed by atoms with Gasteiger partial charge < -0.3 is 9.72 Å². The molecule has 0 atom stereocenters. The highest BCUT2D eigenvalue weighted by Crippen LogP contribution is 2.32. The second kappa shape index (κ2) is 6.92. The van der Waals surface area contributed by atoms with Gasteiger partial charge in [0.25, 0.3) is 0 Å². The van der Waals surface area contributed by atoms with E-state index in [4.69, 9.17) is 21.7 Å². The van der Waals surface area contributed by atoms with Crippen LogP contribution in [-0.2, 0) is 12.7 Å². The number of aromatic nitrogens is 6. The maximum atomic E-state index is 12.9. The minimum Gasteiger partial charge on any atom is -0.481 e. The third-order valence-corrected chi connectivity index (χ3v) is 4.40. The average Bonchev–Trinajstić information content (AvgIpc) is 3.24. The molecule has 0 aliphatic carbocycles. The lowest BCUT2D eigenvalue weighted by atomic mass is 10.2. The van der Waals surface area contributed by atoms with E-state index in [2.05, 4.69) is 20.1 Å². The Labute approximate surface area is 166 Å². The number of nitrogens with zero attached hydrogens (tertiary/aromatic N) is 5. The van der Waals surface area contributed by atoms with Gasteiger partial charge in [0.1, 0.15) is 5.52 Å². The highest BCUT2D eigenvalue weighted by atomic mass is 35.5. The van der Waals surface area contributed by atoms with Gasteiger partial charge in [0.05, 0.1) is 25.5 Å². The standard InChI is InChI=1S/C17H13ClF3N7O/c1-29-13-6-12(17(19,20)21)26-28(13)10-4-2-9(3-5-10)8-27-14-11(24-16(27)22)7-23-15(18)25-14/h2-7H,8H2,1H3,(H2,22,24). The van der Waals surface area contributed by atoms with Crippen LogP contribution in [0.3, 0.4) is 0 Å². The number of hydrogen-bond acceptors (Lipinski definition) is 5. The van der Waals surface area contributed by atoms with Crippen LogP contribution in [0.1, 0.15) is 11.3 Å². The number of benzene rings is 1. The third kappa shape index (κ3) is 3.56. The smallest absolute Gasteiger partial charge is 0.435 e. The summed E-state index contributed by atoms with van der Waals surface area (Å²) in [5.41, 5.74) is 1.32. The van der Waals surface area contributed by atoms with Crippen LogP contribution >= 0.6 is 11.6 Å². The van der Waals surface area contributed by atoms with Crippen molar-refractivity contribution in [2.75, 3.05) is 7.11 Å². The zero-order chi connectivity index (χ0) is 20.8. The minimum atomic E-state index is -4.57. The van der Waals surface area contributed by atoms with Gasteiger partial charge in [-0.2, -0.15) is 23.3 Å². The molecule has 0 aliphatic rings. The number of aromatic amines is 1. The average molecular weight is 424 g/mol. The molecule has 8 nitrogen and oxygen atoms in total. The fraction of sp³-hybridized carbons (Fsp3) is 0.176. The van der Waals surface area contributed by atoms with Crippen molar-refractivity contribution >= 4 is 22.8 Å². The van der Waals surface area contributed by atoms with Crippen LogP contribution in [0, 0.1) is 5.41 Å². The Bertz CT molecular complexity index is 1240. The van der Waals surface area contributed by atoms with Gasteiger partial charge in [-0.15, -0.1) is 0 Å². The van der Waals surface area contributed by atoms with Crippen LogP contribution in [0.5, 0.6) is 5.88 Å². The van der Waals surface area contributed by atoms with E-state index in [1.807, 2.05) is 0 Å². The van der Waals surface area contributed by atoms with Crippen molar-refractivity contribution in [2.45, 2.75) is 12.7 Å². The van der Waals surface area contributed by atoms with Crippen molar-refractivity contribution in [1.82, 2.24) is 29.3 Å². The zero-order valence-corrected chi connectivity index (χ0v) is 15.6. The molecule has 0 saturated heterocycles. The predicted molar refractivity (Wildman–Crippen MR) is 97.0 cm³/mol. The fourth-order valence-corrected chi connectivity index (χ4v) is 2.99. The Hall–Kier alpha value is -3.34. The van der Waals surface area contributed by atoms with Gasteiger partial charge in [-0.25, -0.2) is 9.67 Å². The van der Waals surface area contributed by atoms with Crippen LogP contribution in [-0.4, -0.2) is 36.4 Å². The maximum absolute atomic E-state index is 12.9. The summed E-state index contributed by atoms with van der Waals surface area (Å²) in [6, 6.07) is 7.51. The van der Waals surface area contributed by atoms with E-state index in [1.54, 1.807) is 28.8 Å². The van der Waals surface area contributed by atoms with E-state index in [1.165, 1.54) is 13.3 Å². The normalized spacial score (nSPS) is 11.9. The van der Waals surface area contributed by atoms with Gasteiger partial charge >= 0.3 is 6.18 Å². The van der Waals surface area contributed by atoms with Gasteiger partial charge in [0.15, 0.2) is 11.3 Å². The number of halogens is 4. The number of fused-ring (bicyclic) bond motifs is 1. The van der Waals surface area contributed by atoms with Crippen molar-refractivity contribution in [3.8, 4) is 11.6 Å². The molecule has 0 saturated carbocycles. The highest BCUT2D eigenvalue weighted by Gasteiger charge is 2.35. The van der Waals surface area contributed by atoms with Crippen molar-refractivity contribution in [1.29, 1.82) is 5.41 Å². The van der Waals surface area contributed by atoms with Crippen LogP contribution in [0.25, 0.3) is 16.9 Å². The molecule has 3 aromatic heterocycles. The Morgan fingerprint density at radius 3 is 2.62 bits per heavy atom. The third-order valence-electron chi connectivity index (χ3n) is 4.22. The molecule has 3 heterocycles. The van der Waals surface area contributed by atoms with Crippen molar-refractivity contribution in [3.63, 3.8) is 0 Å². The molecule has 0 spiro atoms. The lowest BCUT2D eigenvalue weighted by molar-refractivity contribution is -0.141. The first-order chi connectivity index (χ1) is 13.8. The van der Waals surface area contributed by atoms with Gasteiger partial charge in [-0.3, -0.25) is 9.98 Å². The van der Waals surface area contributed by atoms with Crippen LogP contribution in [0.4, 0.5) is 13.2 Å². The highest BCUT2D eigenvalue weighted by molar-refractivity contribution is 6.28. The molecule has 0 bridgehead atoms.